The molecule has 0 aliphatic carbocycles. The molecule has 29 heavy (non-hydrogen) atoms. The molecule has 10 nitrogen and oxygen atoms in total. The molecule has 3 aromatic heterocycles. The van der Waals surface area contributed by atoms with Crippen LogP contribution in [0.15, 0.2) is 24.8 Å². The smallest absolute Gasteiger partial charge is 0.239 e. The highest BCUT2D eigenvalue weighted by Gasteiger charge is 2.24. The molecule has 1 saturated heterocycles. The van der Waals surface area contributed by atoms with Crippen LogP contribution in [-0.4, -0.2) is 61.4 Å². The number of anilines is 1. The lowest BCUT2D eigenvalue weighted by Crippen LogP contribution is -2.48. The standard InChI is InChI=1S/C19H22N8O2/c1-12(2)27-19(22-11-23-27)14-9-26-5-6-29-15-7-16(21-8-13(15)18(26)24-14)25-4-3-20-17(28)10-25/h7-9,11-12H,3-6,10H2,1-2H3,(H,20,28). The third-order valence-corrected chi connectivity index (χ3v) is 5.11. The Morgan fingerprint density at radius 3 is 2.93 bits per heavy atom. The van der Waals surface area contributed by atoms with Gasteiger partial charge in [0.2, 0.25) is 5.91 Å². The zero-order chi connectivity index (χ0) is 20.0. The summed E-state index contributed by atoms with van der Waals surface area (Å²) in [4.78, 5) is 27.5. The van der Waals surface area contributed by atoms with Gasteiger partial charge >= 0.3 is 0 Å². The number of aromatic nitrogens is 6. The Hall–Kier alpha value is -3.43. The van der Waals surface area contributed by atoms with Gasteiger partial charge in [-0.1, -0.05) is 0 Å². The zero-order valence-corrected chi connectivity index (χ0v) is 16.4. The van der Waals surface area contributed by atoms with E-state index in [1.165, 1.54) is 0 Å². The number of rotatable bonds is 3. The Bertz CT molecular complexity index is 1070. The van der Waals surface area contributed by atoms with E-state index in [-0.39, 0.29) is 11.9 Å². The first kappa shape index (κ1) is 17.7. The van der Waals surface area contributed by atoms with E-state index in [9.17, 15) is 4.79 Å². The number of carbonyl (C=O) groups is 1. The van der Waals surface area contributed by atoms with Gasteiger partial charge in [0.1, 0.15) is 36.0 Å². The molecule has 0 unspecified atom stereocenters. The second kappa shape index (κ2) is 6.87. The summed E-state index contributed by atoms with van der Waals surface area (Å²) in [5, 5.41) is 7.14. The summed E-state index contributed by atoms with van der Waals surface area (Å²) in [6.07, 6.45) is 5.32. The number of ether oxygens (including phenoxy) is 1. The number of piperazine rings is 1. The minimum atomic E-state index is 0.00311. The van der Waals surface area contributed by atoms with E-state index in [2.05, 4.69) is 38.8 Å². The van der Waals surface area contributed by atoms with Crippen LogP contribution in [0.5, 0.6) is 5.75 Å². The van der Waals surface area contributed by atoms with Crippen molar-refractivity contribution in [3.63, 3.8) is 0 Å². The van der Waals surface area contributed by atoms with Crippen LogP contribution in [-0.2, 0) is 11.3 Å². The van der Waals surface area contributed by atoms with E-state index in [0.29, 0.717) is 26.2 Å². The van der Waals surface area contributed by atoms with Gasteiger partial charge < -0.3 is 19.5 Å². The molecule has 0 atom stereocenters. The Labute approximate surface area is 167 Å². The largest absolute Gasteiger partial charge is 0.491 e. The van der Waals surface area contributed by atoms with Crippen LogP contribution in [0, 0.1) is 0 Å². The highest BCUT2D eigenvalue weighted by atomic mass is 16.5. The third-order valence-electron chi connectivity index (χ3n) is 5.11. The maximum absolute atomic E-state index is 11.7. The van der Waals surface area contributed by atoms with Gasteiger partial charge in [0.15, 0.2) is 5.82 Å². The van der Waals surface area contributed by atoms with Crippen molar-refractivity contribution in [3.05, 3.63) is 24.8 Å². The SMILES string of the molecule is CC(C)n1ncnc1-c1cn2c(n1)-c1cnc(N3CCNC(=O)C3)cc1OCC2. The van der Waals surface area contributed by atoms with E-state index in [4.69, 9.17) is 9.72 Å². The number of carbonyl (C=O) groups excluding carboxylic acids is 1. The van der Waals surface area contributed by atoms with Gasteiger partial charge in [-0.2, -0.15) is 5.10 Å². The lowest BCUT2D eigenvalue weighted by Gasteiger charge is -2.27. The molecule has 5 heterocycles. The summed E-state index contributed by atoms with van der Waals surface area (Å²) in [5.74, 6) is 3.00. The van der Waals surface area contributed by atoms with Crippen LogP contribution in [0.2, 0.25) is 0 Å². The monoisotopic (exact) mass is 394 g/mol. The van der Waals surface area contributed by atoms with E-state index in [1.54, 1.807) is 12.5 Å². The topological polar surface area (TPSA) is 103 Å². The molecule has 2 aliphatic rings. The average Bonchev–Trinajstić information content (AvgIpc) is 3.32. The van der Waals surface area contributed by atoms with Crippen LogP contribution in [0.1, 0.15) is 19.9 Å². The highest BCUT2D eigenvalue weighted by molar-refractivity contribution is 5.82. The lowest BCUT2D eigenvalue weighted by molar-refractivity contribution is -0.120. The molecule has 1 amide bonds. The molecule has 0 bridgehead atoms. The van der Waals surface area contributed by atoms with Crippen molar-refractivity contribution in [1.29, 1.82) is 0 Å². The fraction of sp³-hybridized carbons (Fsp3) is 0.421. The van der Waals surface area contributed by atoms with Gasteiger partial charge in [0, 0.05) is 37.6 Å². The summed E-state index contributed by atoms with van der Waals surface area (Å²) in [6, 6.07) is 2.09. The predicted octanol–water partition coefficient (Wildman–Crippen LogP) is 1.11. The average molecular weight is 394 g/mol. The minimum absolute atomic E-state index is 0.00311. The molecule has 2 aliphatic heterocycles. The van der Waals surface area contributed by atoms with E-state index < -0.39 is 0 Å². The predicted molar refractivity (Wildman–Crippen MR) is 106 cm³/mol. The van der Waals surface area contributed by atoms with Crippen molar-refractivity contribution in [3.8, 4) is 28.7 Å². The lowest BCUT2D eigenvalue weighted by atomic mass is 10.2. The molecule has 5 rings (SSSR count). The maximum atomic E-state index is 11.7. The van der Waals surface area contributed by atoms with E-state index in [0.717, 1.165) is 41.0 Å². The Morgan fingerprint density at radius 1 is 1.21 bits per heavy atom. The minimum Gasteiger partial charge on any atom is -0.491 e. The van der Waals surface area contributed by atoms with Crippen LogP contribution >= 0.6 is 0 Å². The van der Waals surface area contributed by atoms with Gasteiger partial charge in [0.05, 0.1) is 18.7 Å². The third kappa shape index (κ3) is 3.10. The molecule has 10 heteroatoms. The number of fused-ring (bicyclic) bond motifs is 3. The number of amides is 1. The van der Waals surface area contributed by atoms with Crippen LogP contribution < -0.4 is 15.0 Å². The van der Waals surface area contributed by atoms with Crippen molar-refractivity contribution in [2.24, 2.45) is 0 Å². The first-order valence-electron chi connectivity index (χ1n) is 9.72. The molecular formula is C19H22N8O2. The maximum Gasteiger partial charge on any atom is 0.239 e. The van der Waals surface area contributed by atoms with Crippen molar-refractivity contribution in [2.45, 2.75) is 26.4 Å². The van der Waals surface area contributed by atoms with Gasteiger partial charge in [0.25, 0.3) is 0 Å². The normalized spacial score (nSPS) is 16.1. The Kier molecular flexibility index (Phi) is 4.18. The summed E-state index contributed by atoms with van der Waals surface area (Å²) < 4.78 is 9.91. The molecule has 0 radical (unpaired) electrons. The molecule has 0 spiro atoms. The van der Waals surface area contributed by atoms with Crippen molar-refractivity contribution < 1.29 is 9.53 Å². The second-order valence-electron chi connectivity index (χ2n) is 7.42. The number of nitrogens with zero attached hydrogens (tertiary/aromatic N) is 7. The zero-order valence-electron chi connectivity index (χ0n) is 16.4. The van der Waals surface area contributed by atoms with Crippen molar-refractivity contribution in [1.82, 2.24) is 34.6 Å². The Morgan fingerprint density at radius 2 is 2.10 bits per heavy atom. The van der Waals surface area contributed by atoms with Gasteiger partial charge in [-0.3, -0.25) is 4.79 Å². The van der Waals surface area contributed by atoms with Crippen molar-refractivity contribution in [2.75, 3.05) is 31.1 Å². The molecular weight excluding hydrogens is 372 g/mol. The van der Waals surface area contributed by atoms with Gasteiger partial charge in [-0.05, 0) is 13.8 Å². The van der Waals surface area contributed by atoms with Crippen LogP contribution in [0.3, 0.4) is 0 Å². The first-order chi connectivity index (χ1) is 14.1. The fourth-order valence-electron chi connectivity index (χ4n) is 3.70. The number of imidazole rings is 1. The number of hydrogen-bond acceptors (Lipinski definition) is 7. The summed E-state index contributed by atoms with van der Waals surface area (Å²) in [7, 11) is 0. The fourth-order valence-corrected chi connectivity index (χ4v) is 3.70. The van der Waals surface area contributed by atoms with E-state index in [1.807, 2.05) is 21.8 Å². The molecule has 1 fully saturated rings. The quantitative estimate of drug-likeness (QED) is 0.710. The van der Waals surface area contributed by atoms with Gasteiger partial charge in [-0.15, -0.1) is 0 Å². The molecule has 1 N–H and O–H groups in total. The summed E-state index contributed by atoms with van der Waals surface area (Å²) in [5.41, 5.74) is 1.60. The Balaban J connectivity index is 1.53. The van der Waals surface area contributed by atoms with Crippen LogP contribution in [0.4, 0.5) is 5.82 Å². The molecule has 150 valence electrons. The first-order valence-corrected chi connectivity index (χ1v) is 9.72. The van der Waals surface area contributed by atoms with Crippen LogP contribution in [0.25, 0.3) is 22.9 Å². The summed E-state index contributed by atoms with van der Waals surface area (Å²) in [6.45, 7) is 6.97. The second-order valence-corrected chi connectivity index (χ2v) is 7.42. The van der Waals surface area contributed by atoms with E-state index >= 15 is 0 Å². The summed E-state index contributed by atoms with van der Waals surface area (Å²) >= 11 is 0. The molecule has 3 aromatic rings. The highest BCUT2D eigenvalue weighted by Crippen LogP contribution is 2.35. The molecule has 0 aromatic carbocycles. The number of pyridine rings is 1. The number of nitrogens with one attached hydrogen (secondary N) is 1. The van der Waals surface area contributed by atoms with Crippen molar-refractivity contribution >= 4 is 11.7 Å². The van der Waals surface area contributed by atoms with Gasteiger partial charge in [-0.25, -0.2) is 19.6 Å². The number of hydrogen-bond donors (Lipinski definition) is 1. The molecule has 0 saturated carbocycles.